The van der Waals surface area contributed by atoms with E-state index in [2.05, 4.69) is 6.92 Å². The van der Waals surface area contributed by atoms with Gasteiger partial charge in [0.15, 0.2) is 0 Å². The third kappa shape index (κ3) is 17.3. The van der Waals surface area contributed by atoms with Crippen LogP contribution in [0.4, 0.5) is 0 Å². The van der Waals surface area contributed by atoms with Gasteiger partial charge in [0, 0.05) is 13.5 Å². The monoisotopic (exact) mass is 292 g/mol. The van der Waals surface area contributed by atoms with Crippen molar-refractivity contribution >= 4 is 5.97 Å². The van der Waals surface area contributed by atoms with Gasteiger partial charge in [0.1, 0.15) is 6.61 Å². The molecule has 0 unspecified atom stereocenters. The average molecular weight is 292 g/mol. The average Bonchev–Trinajstić information content (AvgIpc) is 2.43. The van der Waals surface area contributed by atoms with Crippen LogP contribution in [0.5, 0.6) is 0 Å². The molecule has 0 aliphatic carbocycles. The van der Waals surface area contributed by atoms with Crippen LogP contribution in [0.3, 0.4) is 0 Å². The molecule has 0 spiro atoms. The molecular formula is C14H28O6. The molecular weight excluding hydrogens is 264 g/mol. The minimum Gasteiger partial charge on any atom is -0.463 e. The van der Waals surface area contributed by atoms with Crippen LogP contribution in [0.25, 0.3) is 0 Å². The van der Waals surface area contributed by atoms with E-state index in [0.717, 1.165) is 19.4 Å². The molecule has 0 saturated heterocycles. The minimum absolute atomic E-state index is 0.288. The second-order valence-electron chi connectivity index (χ2n) is 4.14. The summed E-state index contributed by atoms with van der Waals surface area (Å²) < 4.78 is 25.9. The van der Waals surface area contributed by atoms with Crippen LogP contribution in [-0.2, 0) is 28.5 Å². The molecule has 0 N–H and O–H groups in total. The molecule has 0 atom stereocenters. The van der Waals surface area contributed by atoms with Gasteiger partial charge in [-0.1, -0.05) is 13.3 Å². The highest BCUT2D eigenvalue weighted by Gasteiger charge is 1.94. The molecule has 0 aromatic rings. The first-order chi connectivity index (χ1) is 9.77. The van der Waals surface area contributed by atoms with E-state index in [9.17, 15) is 4.79 Å². The lowest BCUT2D eigenvalue weighted by Gasteiger charge is -2.07. The molecule has 0 rings (SSSR count). The standard InChI is InChI=1S/C14H28O6/c1-3-4-5-16-6-7-17-8-9-18-10-11-19-12-13-20-14(2)15/h3-13H2,1-2H3. The third-order valence-corrected chi connectivity index (χ3v) is 2.29. The highest BCUT2D eigenvalue weighted by Crippen LogP contribution is 1.88. The van der Waals surface area contributed by atoms with Crippen LogP contribution in [0.1, 0.15) is 26.7 Å². The maximum Gasteiger partial charge on any atom is 0.302 e. The molecule has 0 aromatic heterocycles. The van der Waals surface area contributed by atoms with Crippen molar-refractivity contribution in [1.82, 2.24) is 0 Å². The number of ether oxygens (including phenoxy) is 5. The molecule has 0 saturated carbocycles. The summed E-state index contributed by atoms with van der Waals surface area (Å²) in [6.07, 6.45) is 2.25. The van der Waals surface area contributed by atoms with Gasteiger partial charge < -0.3 is 23.7 Å². The Hall–Kier alpha value is -0.690. The summed E-state index contributed by atoms with van der Waals surface area (Å²) >= 11 is 0. The van der Waals surface area contributed by atoms with Gasteiger partial charge in [0.25, 0.3) is 0 Å². The SMILES string of the molecule is CCCCOCCOCCOCCOCCOC(C)=O. The van der Waals surface area contributed by atoms with Crippen molar-refractivity contribution in [1.29, 1.82) is 0 Å². The van der Waals surface area contributed by atoms with Crippen molar-refractivity contribution in [3.63, 3.8) is 0 Å². The lowest BCUT2D eigenvalue weighted by atomic mass is 10.4. The minimum atomic E-state index is -0.291. The van der Waals surface area contributed by atoms with Crippen LogP contribution in [0, 0.1) is 0 Å². The number of carbonyl (C=O) groups excluding carboxylic acids is 1. The van der Waals surface area contributed by atoms with Gasteiger partial charge in [-0.15, -0.1) is 0 Å². The van der Waals surface area contributed by atoms with E-state index in [1.165, 1.54) is 6.92 Å². The highest BCUT2D eigenvalue weighted by atomic mass is 16.6. The summed E-state index contributed by atoms with van der Waals surface area (Å²) in [6.45, 7) is 8.34. The normalized spacial score (nSPS) is 10.7. The zero-order valence-electron chi connectivity index (χ0n) is 12.7. The van der Waals surface area contributed by atoms with Crippen molar-refractivity contribution in [2.75, 3.05) is 59.5 Å². The third-order valence-electron chi connectivity index (χ3n) is 2.29. The summed E-state index contributed by atoms with van der Waals surface area (Å²) in [5.74, 6) is -0.291. The zero-order chi connectivity index (χ0) is 14.9. The maximum absolute atomic E-state index is 10.5. The van der Waals surface area contributed by atoms with E-state index in [4.69, 9.17) is 23.7 Å². The Kier molecular flexibility index (Phi) is 15.8. The summed E-state index contributed by atoms with van der Waals surface area (Å²) in [4.78, 5) is 10.5. The van der Waals surface area contributed by atoms with Crippen LogP contribution < -0.4 is 0 Å². The predicted octanol–water partition coefficient (Wildman–Crippen LogP) is 1.42. The van der Waals surface area contributed by atoms with E-state index in [1.807, 2.05) is 0 Å². The molecule has 6 heteroatoms. The van der Waals surface area contributed by atoms with Gasteiger partial charge in [-0.2, -0.15) is 0 Å². The first kappa shape index (κ1) is 19.3. The Morgan fingerprint density at radius 3 is 1.50 bits per heavy atom. The van der Waals surface area contributed by atoms with Crippen molar-refractivity contribution in [2.24, 2.45) is 0 Å². The van der Waals surface area contributed by atoms with Crippen molar-refractivity contribution in [3.05, 3.63) is 0 Å². The fraction of sp³-hybridized carbons (Fsp3) is 0.929. The molecule has 0 aliphatic heterocycles. The summed E-state index contributed by atoms with van der Waals surface area (Å²) in [7, 11) is 0. The topological polar surface area (TPSA) is 63.2 Å². The van der Waals surface area contributed by atoms with Crippen LogP contribution >= 0.6 is 0 Å². The first-order valence-electron chi connectivity index (χ1n) is 7.21. The molecule has 120 valence electrons. The number of rotatable bonds is 15. The molecule has 0 aliphatic rings. The van der Waals surface area contributed by atoms with Gasteiger partial charge in [-0.3, -0.25) is 4.79 Å². The van der Waals surface area contributed by atoms with E-state index in [0.29, 0.717) is 46.2 Å². The fourth-order valence-corrected chi connectivity index (χ4v) is 1.25. The second-order valence-corrected chi connectivity index (χ2v) is 4.14. The molecule has 0 fully saturated rings. The van der Waals surface area contributed by atoms with Crippen LogP contribution in [0.2, 0.25) is 0 Å². The number of hydrogen-bond acceptors (Lipinski definition) is 6. The highest BCUT2D eigenvalue weighted by molar-refractivity contribution is 5.65. The molecule has 0 bridgehead atoms. The van der Waals surface area contributed by atoms with E-state index in [-0.39, 0.29) is 12.6 Å². The Morgan fingerprint density at radius 1 is 0.700 bits per heavy atom. The first-order valence-corrected chi connectivity index (χ1v) is 7.21. The predicted molar refractivity (Wildman–Crippen MR) is 74.8 cm³/mol. The van der Waals surface area contributed by atoms with Crippen molar-refractivity contribution in [2.45, 2.75) is 26.7 Å². The van der Waals surface area contributed by atoms with Gasteiger partial charge >= 0.3 is 5.97 Å². The second kappa shape index (κ2) is 16.4. The van der Waals surface area contributed by atoms with E-state index >= 15 is 0 Å². The number of esters is 1. The van der Waals surface area contributed by atoms with Gasteiger partial charge in [0.05, 0.1) is 46.2 Å². The van der Waals surface area contributed by atoms with Crippen LogP contribution in [-0.4, -0.2) is 65.4 Å². The summed E-state index contributed by atoms with van der Waals surface area (Å²) in [5, 5.41) is 0. The summed E-state index contributed by atoms with van der Waals surface area (Å²) in [5.41, 5.74) is 0. The van der Waals surface area contributed by atoms with Crippen LogP contribution in [0.15, 0.2) is 0 Å². The van der Waals surface area contributed by atoms with E-state index < -0.39 is 0 Å². The zero-order valence-corrected chi connectivity index (χ0v) is 12.7. The molecule has 0 aromatic carbocycles. The maximum atomic E-state index is 10.5. The Balaban J connectivity index is 2.94. The number of unbranched alkanes of at least 4 members (excludes halogenated alkanes) is 1. The Morgan fingerprint density at radius 2 is 1.10 bits per heavy atom. The lowest BCUT2D eigenvalue weighted by molar-refractivity contribution is -0.142. The number of hydrogen-bond donors (Lipinski definition) is 0. The quantitative estimate of drug-likeness (QED) is 0.336. The summed E-state index contributed by atoms with van der Waals surface area (Å²) in [6, 6.07) is 0. The Bertz CT molecular complexity index is 210. The van der Waals surface area contributed by atoms with Crippen molar-refractivity contribution in [3.8, 4) is 0 Å². The molecule has 20 heavy (non-hydrogen) atoms. The van der Waals surface area contributed by atoms with Crippen molar-refractivity contribution < 1.29 is 28.5 Å². The largest absolute Gasteiger partial charge is 0.463 e. The van der Waals surface area contributed by atoms with E-state index in [1.54, 1.807) is 0 Å². The molecule has 0 heterocycles. The molecule has 0 radical (unpaired) electrons. The van der Waals surface area contributed by atoms with Gasteiger partial charge in [-0.25, -0.2) is 0 Å². The lowest BCUT2D eigenvalue weighted by Crippen LogP contribution is -2.13. The number of carbonyl (C=O) groups is 1. The molecule has 6 nitrogen and oxygen atoms in total. The fourth-order valence-electron chi connectivity index (χ4n) is 1.25. The molecule has 0 amide bonds. The Labute approximate surface area is 121 Å². The van der Waals surface area contributed by atoms with Gasteiger partial charge in [0.2, 0.25) is 0 Å². The smallest absolute Gasteiger partial charge is 0.302 e. The van der Waals surface area contributed by atoms with Gasteiger partial charge in [-0.05, 0) is 6.42 Å².